The molecule has 2 fully saturated rings. The van der Waals surface area contributed by atoms with E-state index >= 15 is 0 Å². The van der Waals surface area contributed by atoms with Gasteiger partial charge in [-0.3, -0.25) is 4.79 Å². The molecule has 8 nitrogen and oxygen atoms in total. The van der Waals surface area contributed by atoms with E-state index in [0.29, 0.717) is 24.9 Å². The van der Waals surface area contributed by atoms with Gasteiger partial charge < -0.3 is 19.3 Å². The van der Waals surface area contributed by atoms with Gasteiger partial charge in [0.05, 0.1) is 14.2 Å². The molecule has 23 heavy (non-hydrogen) atoms. The number of carbonyl (C=O) groups excluding carboxylic acids is 1. The number of nitrogens with zero attached hydrogens (tertiary/aromatic N) is 5. The number of hydrogen-bond donors (Lipinski definition) is 0. The molecule has 0 radical (unpaired) electrons. The van der Waals surface area contributed by atoms with Gasteiger partial charge in [0, 0.05) is 32.1 Å². The predicted molar refractivity (Wildman–Crippen MR) is 83.7 cm³/mol. The van der Waals surface area contributed by atoms with Crippen molar-refractivity contribution in [2.45, 2.75) is 25.7 Å². The molecule has 1 saturated carbocycles. The number of methoxy groups -OCH3 is 2. The molecule has 1 amide bonds. The topological polar surface area (TPSA) is 80.7 Å². The molecule has 0 bridgehead atoms. The fourth-order valence-electron chi connectivity index (χ4n) is 2.90. The van der Waals surface area contributed by atoms with Crippen LogP contribution < -0.4 is 14.4 Å². The molecule has 1 saturated heterocycles. The predicted octanol–water partition coefficient (Wildman–Crippen LogP) is 0.728. The zero-order valence-electron chi connectivity index (χ0n) is 13.7. The number of anilines is 1. The van der Waals surface area contributed by atoms with Crippen LogP contribution in [0.1, 0.15) is 25.7 Å². The minimum atomic E-state index is 0.235. The van der Waals surface area contributed by atoms with Gasteiger partial charge in [0.2, 0.25) is 11.9 Å². The van der Waals surface area contributed by atoms with Crippen molar-refractivity contribution in [2.75, 3.05) is 45.3 Å². The summed E-state index contributed by atoms with van der Waals surface area (Å²) >= 11 is 0. The molecule has 8 heteroatoms. The minimum Gasteiger partial charge on any atom is -0.467 e. The summed E-state index contributed by atoms with van der Waals surface area (Å²) in [4.78, 5) is 29.1. The van der Waals surface area contributed by atoms with Crippen molar-refractivity contribution in [3.05, 3.63) is 0 Å². The summed E-state index contributed by atoms with van der Waals surface area (Å²) in [6.45, 7) is 3.00. The number of aromatic nitrogens is 3. The molecule has 0 unspecified atom stereocenters. The summed E-state index contributed by atoms with van der Waals surface area (Å²) in [6.07, 6.45) is 4.16. The number of carbonyl (C=O) groups is 1. The molecule has 1 aromatic heterocycles. The van der Waals surface area contributed by atoms with Gasteiger partial charge in [0.25, 0.3) is 0 Å². The molecule has 0 spiro atoms. The average Bonchev–Trinajstić information content (AvgIpc) is 2.78. The van der Waals surface area contributed by atoms with Gasteiger partial charge in [0.1, 0.15) is 0 Å². The third-order valence-electron chi connectivity index (χ3n) is 4.49. The number of hydrogen-bond acceptors (Lipinski definition) is 7. The maximum atomic E-state index is 12.4. The molecule has 2 aliphatic rings. The van der Waals surface area contributed by atoms with Crippen LogP contribution in [0.3, 0.4) is 0 Å². The Bertz CT molecular complexity index is 542. The van der Waals surface area contributed by atoms with Crippen molar-refractivity contribution >= 4 is 11.9 Å². The zero-order chi connectivity index (χ0) is 16.2. The Labute approximate surface area is 135 Å². The smallest absolute Gasteiger partial charge is 0.324 e. The van der Waals surface area contributed by atoms with Gasteiger partial charge in [0.15, 0.2) is 0 Å². The lowest BCUT2D eigenvalue weighted by Gasteiger charge is -2.31. The summed E-state index contributed by atoms with van der Waals surface area (Å²) in [5.74, 6) is 1.09. The van der Waals surface area contributed by atoms with E-state index in [0.717, 1.165) is 32.4 Å². The van der Waals surface area contributed by atoms with Crippen molar-refractivity contribution in [1.82, 2.24) is 19.9 Å². The summed E-state index contributed by atoms with van der Waals surface area (Å²) < 4.78 is 10.2. The van der Waals surface area contributed by atoms with E-state index in [2.05, 4.69) is 19.9 Å². The average molecular weight is 321 g/mol. The normalized spacial score (nSPS) is 19.0. The maximum Gasteiger partial charge on any atom is 0.324 e. The largest absolute Gasteiger partial charge is 0.467 e. The molecule has 2 heterocycles. The molecule has 126 valence electrons. The van der Waals surface area contributed by atoms with Crippen LogP contribution in [-0.4, -0.2) is 66.2 Å². The second-order valence-electron chi connectivity index (χ2n) is 5.90. The highest BCUT2D eigenvalue weighted by molar-refractivity contribution is 5.79. The quantitative estimate of drug-likeness (QED) is 0.808. The Kier molecular flexibility index (Phi) is 4.78. The third-order valence-corrected chi connectivity index (χ3v) is 4.49. The van der Waals surface area contributed by atoms with Gasteiger partial charge in [-0.1, -0.05) is 6.42 Å². The Hall–Kier alpha value is -2.12. The van der Waals surface area contributed by atoms with Crippen molar-refractivity contribution in [3.63, 3.8) is 0 Å². The first-order chi connectivity index (χ1) is 11.2. The lowest BCUT2D eigenvalue weighted by molar-refractivity contribution is -0.137. The molecule has 1 aliphatic heterocycles. The van der Waals surface area contributed by atoms with Crippen LogP contribution in [0.15, 0.2) is 0 Å². The van der Waals surface area contributed by atoms with Crippen LogP contribution in [0.4, 0.5) is 5.95 Å². The van der Waals surface area contributed by atoms with E-state index in [1.54, 1.807) is 0 Å². The Morgan fingerprint density at radius 1 is 0.957 bits per heavy atom. The van der Waals surface area contributed by atoms with Gasteiger partial charge in [-0.2, -0.15) is 9.97 Å². The Balaban J connectivity index is 1.68. The molecule has 3 rings (SSSR count). The zero-order valence-corrected chi connectivity index (χ0v) is 13.7. The van der Waals surface area contributed by atoms with E-state index in [9.17, 15) is 4.79 Å². The first kappa shape index (κ1) is 15.8. The monoisotopic (exact) mass is 321 g/mol. The number of ether oxygens (including phenoxy) is 2. The van der Waals surface area contributed by atoms with Crippen molar-refractivity contribution in [2.24, 2.45) is 5.92 Å². The first-order valence-electron chi connectivity index (χ1n) is 8.09. The molecule has 0 aromatic carbocycles. The summed E-state index contributed by atoms with van der Waals surface area (Å²) in [5.41, 5.74) is 0. The van der Waals surface area contributed by atoms with Crippen LogP contribution in [0.25, 0.3) is 0 Å². The van der Waals surface area contributed by atoms with Gasteiger partial charge in [-0.05, 0) is 19.3 Å². The van der Waals surface area contributed by atoms with Crippen molar-refractivity contribution in [3.8, 4) is 12.0 Å². The molecule has 0 atom stereocenters. The second-order valence-corrected chi connectivity index (χ2v) is 5.90. The lowest BCUT2D eigenvalue weighted by atomic mass is 9.84. The summed E-state index contributed by atoms with van der Waals surface area (Å²) in [7, 11) is 3.03. The Morgan fingerprint density at radius 3 is 2.22 bits per heavy atom. The summed E-state index contributed by atoms with van der Waals surface area (Å²) in [5, 5.41) is 0. The highest BCUT2D eigenvalue weighted by Crippen LogP contribution is 2.28. The van der Waals surface area contributed by atoms with Crippen LogP contribution in [-0.2, 0) is 4.79 Å². The molecule has 1 aromatic rings. The molecule has 0 N–H and O–H groups in total. The highest BCUT2D eigenvalue weighted by Gasteiger charge is 2.30. The minimum absolute atomic E-state index is 0.235. The standard InChI is InChI=1S/C15H23N5O3/c1-22-14-16-13(17-15(18-14)23-2)20-8-4-7-19(9-10-20)12(21)11-5-3-6-11/h11H,3-10H2,1-2H3. The molecule has 1 aliphatic carbocycles. The van der Waals surface area contributed by atoms with Gasteiger partial charge >= 0.3 is 12.0 Å². The van der Waals surface area contributed by atoms with Gasteiger partial charge in [-0.15, -0.1) is 4.98 Å². The van der Waals surface area contributed by atoms with E-state index in [4.69, 9.17) is 9.47 Å². The summed E-state index contributed by atoms with van der Waals surface area (Å²) in [6, 6.07) is 0.469. The third kappa shape index (κ3) is 3.46. The maximum absolute atomic E-state index is 12.4. The molecular weight excluding hydrogens is 298 g/mol. The van der Waals surface area contributed by atoms with Crippen molar-refractivity contribution < 1.29 is 14.3 Å². The van der Waals surface area contributed by atoms with E-state index in [-0.39, 0.29) is 17.9 Å². The van der Waals surface area contributed by atoms with Crippen LogP contribution in [0.2, 0.25) is 0 Å². The van der Waals surface area contributed by atoms with E-state index in [1.807, 2.05) is 4.90 Å². The van der Waals surface area contributed by atoms with Gasteiger partial charge in [-0.25, -0.2) is 0 Å². The van der Waals surface area contributed by atoms with Crippen molar-refractivity contribution in [1.29, 1.82) is 0 Å². The second kappa shape index (κ2) is 6.97. The first-order valence-corrected chi connectivity index (χ1v) is 8.09. The van der Waals surface area contributed by atoms with Crippen LogP contribution in [0, 0.1) is 5.92 Å². The number of rotatable bonds is 4. The number of amides is 1. The fourth-order valence-corrected chi connectivity index (χ4v) is 2.90. The highest BCUT2D eigenvalue weighted by atomic mass is 16.5. The van der Waals surface area contributed by atoms with E-state index < -0.39 is 0 Å². The van der Waals surface area contributed by atoms with Crippen LogP contribution in [0.5, 0.6) is 12.0 Å². The lowest BCUT2D eigenvalue weighted by Crippen LogP contribution is -2.41. The van der Waals surface area contributed by atoms with Crippen LogP contribution >= 0.6 is 0 Å². The van der Waals surface area contributed by atoms with E-state index in [1.165, 1.54) is 20.6 Å². The molecular formula is C15H23N5O3. The Morgan fingerprint density at radius 2 is 1.65 bits per heavy atom. The SMILES string of the molecule is COc1nc(OC)nc(N2CCCN(C(=O)C3CCC3)CC2)n1. The fraction of sp³-hybridized carbons (Fsp3) is 0.733.